The summed E-state index contributed by atoms with van der Waals surface area (Å²) >= 11 is 1.18. The van der Waals surface area contributed by atoms with Crippen LogP contribution in [0.2, 0.25) is 0 Å². The number of hydrogen-bond donors (Lipinski definition) is 2. The number of carbonyl (C=O) groups excluding carboxylic acids is 2. The van der Waals surface area contributed by atoms with Gasteiger partial charge in [-0.1, -0.05) is 36.0 Å². The molecule has 0 unspecified atom stereocenters. The lowest BCUT2D eigenvalue weighted by molar-refractivity contribution is 0.163. The van der Waals surface area contributed by atoms with Gasteiger partial charge in [0, 0.05) is 18.0 Å². The molecule has 0 bridgehead atoms. The number of hydrazone groups is 1. The van der Waals surface area contributed by atoms with Crippen LogP contribution in [0.4, 0.5) is 15.3 Å². The number of rotatable bonds is 7. The molecule has 0 aliphatic carbocycles. The summed E-state index contributed by atoms with van der Waals surface area (Å²) in [7, 11) is 1.78. The fourth-order valence-corrected chi connectivity index (χ4v) is 3.46. The van der Waals surface area contributed by atoms with Crippen LogP contribution in [-0.4, -0.2) is 48.0 Å². The van der Waals surface area contributed by atoms with E-state index in [1.807, 2.05) is 18.2 Å². The highest BCUT2D eigenvalue weighted by atomic mass is 32.2. The van der Waals surface area contributed by atoms with Crippen LogP contribution in [0.5, 0.6) is 0 Å². The molecular weight excluding hydrogens is 402 g/mol. The zero-order valence-electron chi connectivity index (χ0n) is 16.4. The Kier molecular flexibility index (Phi) is 7.43. The van der Waals surface area contributed by atoms with Gasteiger partial charge in [0.25, 0.3) is 0 Å². The van der Waals surface area contributed by atoms with Crippen molar-refractivity contribution < 1.29 is 14.3 Å². The lowest BCUT2D eigenvalue weighted by Gasteiger charge is -2.23. The molecule has 9 heteroatoms. The van der Waals surface area contributed by atoms with Crippen molar-refractivity contribution in [3.05, 3.63) is 65.2 Å². The molecule has 2 N–H and O–H groups in total. The fraction of sp³-hybridized carbons (Fsp3) is 0.238. The van der Waals surface area contributed by atoms with Crippen molar-refractivity contribution in [2.45, 2.75) is 6.54 Å². The third kappa shape index (κ3) is 5.83. The molecule has 0 saturated carbocycles. The predicted molar refractivity (Wildman–Crippen MR) is 116 cm³/mol. The second kappa shape index (κ2) is 10.4. The highest BCUT2D eigenvalue weighted by Gasteiger charge is 2.22. The van der Waals surface area contributed by atoms with Crippen molar-refractivity contribution in [3.63, 3.8) is 0 Å². The summed E-state index contributed by atoms with van der Waals surface area (Å²) in [5.41, 5.74) is 3.62. The average molecular weight is 423 g/mol. The minimum atomic E-state index is -0.534. The molecule has 0 saturated heterocycles. The number of hydrogen-bond acceptors (Lipinski definition) is 7. The summed E-state index contributed by atoms with van der Waals surface area (Å²) in [6.45, 7) is 1.12. The van der Waals surface area contributed by atoms with Gasteiger partial charge >= 0.3 is 11.3 Å². The molecule has 2 aromatic carbocycles. The van der Waals surface area contributed by atoms with Gasteiger partial charge in [0.05, 0.1) is 23.9 Å². The van der Waals surface area contributed by atoms with Crippen molar-refractivity contribution in [2.24, 2.45) is 5.10 Å². The molecule has 0 spiro atoms. The third-order valence-electron chi connectivity index (χ3n) is 4.22. The van der Waals surface area contributed by atoms with E-state index in [2.05, 4.69) is 21.8 Å². The minimum absolute atomic E-state index is 0.141. The molecular formula is C21H21N5O3S. The first-order valence-corrected chi connectivity index (χ1v) is 10.3. The van der Waals surface area contributed by atoms with E-state index < -0.39 is 6.09 Å². The van der Waals surface area contributed by atoms with Gasteiger partial charge in [-0.3, -0.25) is 10.1 Å². The highest BCUT2D eigenvalue weighted by Crippen LogP contribution is 2.23. The maximum atomic E-state index is 12.3. The average Bonchev–Trinajstić information content (AvgIpc) is 2.76. The highest BCUT2D eigenvalue weighted by molar-refractivity contribution is 8.14. The topological polar surface area (TPSA) is 107 Å². The monoisotopic (exact) mass is 423 g/mol. The Balaban J connectivity index is 1.69. The lowest BCUT2D eigenvalue weighted by Crippen LogP contribution is -2.29. The first-order chi connectivity index (χ1) is 14.6. The van der Waals surface area contributed by atoms with Crippen molar-refractivity contribution >= 4 is 34.5 Å². The van der Waals surface area contributed by atoms with Gasteiger partial charge in [0.15, 0.2) is 0 Å². The summed E-state index contributed by atoms with van der Waals surface area (Å²) in [5, 5.41) is 20.3. The SMILES string of the molecule is CNCCOC(=O)Nc1cccc(CN2N=C(c3ccc(C#N)cc3)CSC2=O)c1. The van der Waals surface area contributed by atoms with Crippen LogP contribution in [-0.2, 0) is 11.3 Å². The number of ether oxygens (including phenoxy) is 1. The number of benzene rings is 2. The fourth-order valence-electron chi connectivity index (χ4n) is 2.72. The van der Waals surface area contributed by atoms with E-state index in [0.29, 0.717) is 23.5 Å². The largest absolute Gasteiger partial charge is 0.448 e. The molecule has 1 heterocycles. The first-order valence-electron chi connectivity index (χ1n) is 9.28. The van der Waals surface area contributed by atoms with Gasteiger partial charge in [-0.05, 0) is 42.4 Å². The zero-order chi connectivity index (χ0) is 21.3. The van der Waals surface area contributed by atoms with Gasteiger partial charge in [-0.25, -0.2) is 9.80 Å². The van der Waals surface area contributed by atoms with Crippen LogP contribution in [0.15, 0.2) is 53.6 Å². The number of anilines is 1. The summed E-state index contributed by atoms with van der Waals surface area (Å²) in [5.74, 6) is 0.473. The Morgan fingerprint density at radius 2 is 2.10 bits per heavy atom. The molecule has 0 fully saturated rings. The van der Waals surface area contributed by atoms with Crippen molar-refractivity contribution in [1.29, 1.82) is 5.26 Å². The van der Waals surface area contributed by atoms with Crippen molar-refractivity contribution in [2.75, 3.05) is 31.3 Å². The van der Waals surface area contributed by atoms with Crippen molar-refractivity contribution in [3.8, 4) is 6.07 Å². The number of likely N-dealkylation sites (N-methyl/N-ethyl adjacent to an activating group) is 1. The second-order valence-corrected chi connectivity index (χ2v) is 7.34. The normalized spacial score (nSPS) is 13.4. The molecule has 2 aromatic rings. The van der Waals surface area contributed by atoms with Crippen LogP contribution in [0.1, 0.15) is 16.7 Å². The van der Waals surface area contributed by atoms with Crippen LogP contribution in [0.25, 0.3) is 0 Å². The number of nitrogens with one attached hydrogen (secondary N) is 2. The van der Waals surface area contributed by atoms with E-state index in [1.54, 1.807) is 37.4 Å². The maximum Gasteiger partial charge on any atom is 0.411 e. The van der Waals surface area contributed by atoms with E-state index in [4.69, 9.17) is 10.00 Å². The van der Waals surface area contributed by atoms with Crippen LogP contribution in [0, 0.1) is 11.3 Å². The summed E-state index contributed by atoms with van der Waals surface area (Å²) in [6, 6.07) is 16.4. The standard InChI is InChI=1S/C21H21N5O3S/c1-23-9-10-29-20(27)24-18-4-2-3-16(11-18)13-26-21(28)30-14-19(25-26)17-7-5-15(12-22)6-8-17/h2-8,11,23H,9-10,13-14H2,1H3,(H,24,27). The summed E-state index contributed by atoms with van der Waals surface area (Å²) in [6.07, 6.45) is -0.534. The number of carbonyl (C=O) groups is 2. The third-order valence-corrected chi connectivity index (χ3v) is 5.10. The Morgan fingerprint density at radius 3 is 2.83 bits per heavy atom. The van der Waals surface area contributed by atoms with E-state index >= 15 is 0 Å². The molecule has 0 radical (unpaired) electrons. The molecule has 8 nitrogen and oxygen atoms in total. The molecule has 3 rings (SSSR count). The minimum Gasteiger partial charge on any atom is -0.448 e. The van der Waals surface area contributed by atoms with Gasteiger partial charge < -0.3 is 10.1 Å². The van der Waals surface area contributed by atoms with E-state index in [0.717, 1.165) is 16.8 Å². The number of nitrogens with zero attached hydrogens (tertiary/aromatic N) is 3. The molecule has 30 heavy (non-hydrogen) atoms. The van der Waals surface area contributed by atoms with E-state index in [1.165, 1.54) is 16.8 Å². The van der Waals surface area contributed by atoms with E-state index in [-0.39, 0.29) is 18.4 Å². The second-order valence-electron chi connectivity index (χ2n) is 6.41. The smallest absolute Gasteiger partial charge is 0.411 e. The Morgan fingerprint density at radius 1 is 1.30 bits per heavy atom. The maximum absolute atomic E-state index is 12.3. The number of nitriles is 1. The van der Waals surface area contributed by atoms with Gasteiger partial charge in [0.2, 0.25) is 0 Å². The number of thioether (sulfide) groups is 1. The Labute approximate surface area is 178 Å². The zero-order valence-corrected chi connectivity index (χ0v) is 17.2. The molecule has 154 valence electrons. The molecule has 0 atom stereocenters. The first kappa shape index (κ1) is 21.4. The number of amides is 2. The van der Waals surface area contributed by atoms with Crippen LogP contribution >= 0.6 is 11.8 Å². The van der Waals surface area contributed by atoms with E-state index in [9.17, 15) is 9.59 Å². The Bertz CT molecular complexity index is 985. The molecule has 1 aliphatic rings. The van der Waals surface area contributed by atoms with Crippen LogP contribution < -0.4 is 10.6 Å². The molecule has 2 amide bonds. The van der Waals surface area contributed by atoms with Gasteiger partial charge in [-0.2, -0.15) is 10.4 Å². The van der Waals surface area contributed by atoms with Crippen LogP contribution in [0.3, 0.4) is 0 Å². The van der Waals surface area contributed by atoms with Crippen molar-refractivity contribution in [1.82, 2.24) is 10.3 Å². The van der Waals surface area contributed by atoms with Gasteiger partial charge in [0.1, 0.15) is 6.61 Å². The molecule has 0 aromatic heterocycles. The Hall–Kier alpha value is -3.35. The molecule has 1 aliphatic heterocycles. The quantitative estimate of drug-likeness (QED) is 0.661. The van der Waals surface area contributed by atoms with Gasteiger partial charge in [-0.15, -0.1) is 0 Å². The summed E-state index contributed by atoms with van der Waals surface area (Å²) in [4.78, 5) is 24.1. The summed E-state index contributed by atoms with van der Waals surface area (Å²) < 4.78 is 5.05. The predicted octanol–water partition coefficient (Wildman–Crippen LogP) is 3.40. The lowest BCUT2D eigenvalue weighted by atomic mass is 10.1.